The number of hydrogen-bond acceptors (Lipinski definition) is 4. The fourth-order valence-corrected chi connectivity index (χ4v) is 4.55. The Morgan fingerprint density at radius 3 is 2.59 bits per heavy atom. The SMILES string of the molecule is Cc1cc(C(=O)NC2CCN(c3ccccc3)CC2)c(C)n1-c1nccs1. The van der Waals surface area contributed by atoms with Crippen LogP contribution >= 0.6 is 11.3 Å². The molecule has 1 amide bonds. The summed E-state index contributed by atoms with van der Waals surface area (Å²) in [5, 5.41) is 6.09. The summed E-state index contributed by atoms with van der Waals surface area (Å²) < 4.78 is 2.05. The largest absolute Gasteiger partial charge is 0.371 e. The molecule has 6 heteroatoms. The van der Waals surface area contributed by atoms with Crippen LogP contribution in [0.15, 0.2) is 48.0 Å². The van der Waals surface area contributed by atoms with E-state index in [1.807, 2.05) is 31.4 Å². The molecule has 0 aliphatic carbocycles. The number of carbonyl (C=O) groups excluding carboxylic acids is 1. The van der Waals surface area contributed by atoms with Crippen molar-refractivity contribution in [3.63, 3.8) is 0 Å². The van der Waals surface area contributed by atoms with Crippen molar-refractivity contribution in [2.45, 2.75) is 32.7 Å². The van der Waals surface area contributed by atoms with Gasteiger partial charge in [0.2, 0.25) is 0 Å². The van der Waals surface area contributed by atoms with Crippen molar-refractivity contribution in [1.82, 2.24) is 14.9 Å². The minimum Gasteiger partial charge on any atom is -0.371 e. The molecule has 1 N–H and O–H groups in total. The van der Waals surface area contributed by atoms with Crippen LogP contribution in [0.25, 0.3) is 5.13 Å². The van der Waals surface area contributed by atoms with Gasteiger partial charge in [-0.2, -0.15) is 0 Å². The van der Waals surface area contributed by atoms with Crippen LogP contribution in [0.3, 0.4) is 0 Å². The highest BCUT2D eigenvalue weighted by molar-refractivity contribution is 7.12. The molecule has 0 spiro atoms. The molecular formula is C21H24N4OS. The van der Waals surface area contributed by atoms with E-state index in [1.165, 1.54) is 5.69 Å². The molecule has 4 rings (SSSR count). The van der Waals surface area contributed by atoms with Gasteiger partial charge in [-0.15, -0.1) is 11.3 Å². The summed E-state index contributed by atoms with van der Waals surface area (Å²) in [6.45, 7) is 5.94. The average Bonchev–Trinajstić information content (AvgIpc) is 3.31. The molecule has 1 fully saturated rings. The number of para-hydroxylation sites is 1. The van der Waals surface area contributed by atoms with Crippen LogP contribution in [-0.2, 0) is 0 Å². The number of nitrogens with one attached hydrogen (secondary N) is 1. The zero-order valence-corrected chi connectivity index (χ0v) is 16.5. The highest BCUT2D eigenvalue weighted by atomic mass is 32.1. The van der Waals surface area contributed by atoms with Gasteiger partial charge in [0.25, 0.3) is 5.91 Å². The Balaban J connectivity index is 1.41. The standard InChI is InChI=1S/C21H24N4OS/c1-15-14-19(16(2)25(15)21-22-10-13-27-21)20(26)23-17-8-11-24(12-9-17)18-6-4-3-5-7-18/h3-7,10,13-14,17H,8-9,11-12H2,1-2H3,(H,23,26). The maximum atomic E-state index is 12.9. The van der Waals surface area contributed by atoms with Crippen molar-refractivity contribution < 1.29 is 4.79 Å². The minimum atomic E-state index is 0.0177. The third-order valence-corrected chi connectivity index (χ3v) is 5.99. The second-order valence-electron chi connectivity index (χ2n) is 7.01. The molecule has 0 bridgehead atoms. The second kappa shape index (κ2) is 7.56. The van der Waals surface area contributed by atoms with E-state index in [2.05, 4.69) is 44.0 Å². The summed E-state index contributed by atoms with van der Waals surface area (Å²) in [7, 11) is 0. The number of rotatable bonds is 4. The predicted molar refractivity (Wildman–Crippen MR) is 110 cm³/mol. The highest BCUT2D eigenvalue weighted by Crippen LogP contribution is 2.23. The normalized spacial score (nSPS) is 15.1. The lowest BCUT2D eigenvalue weighted by molar-refractivity contribution is 0.0930. The van der Waals surface area contributed by atoms with Crippen LogP contribution in [0.4, 0.5) is 5.69 Å². The molecule has 140 valence electrons. The smallest absolute Gasteiger partial charge is 0.253 e. The monoisotopic (exact) mass is 380 g/mol. The van der Waals surface area contributed by atoms with Gasteiger partial charge in [-0.25, -0.2) is 4.98 Å². The summed E-state index contributed by atoms with van der Waals surface area (Å²) in [5.74, 6) is 0.0177. The first-order chi connectivity index (χ1) is 13.1. The van der Waals surface area contributed by atoms with Gasteiger partial charge >= 0.3 is 0 Å². The summed E-state index contributed by atoms with van der Waals surface area (Å²) in [6, 6.07) is 12.7. The molecule has 0 atom stereocenters. The lowest BCUT2D eigenvalue weighted by Gasteiger charge is -2.34. The van der Waals surface area contributed by atoms with E-state index in [9.17, 15) is 4.79 Å². The van der Waals surface area contributed by atoms with Crippen LogP contribution < -0.4 is 10.2 Å². The maximum absolute atomic E-state index is 12.9. The molecule has 3 aromatic rings. The molecule has 1 aliphatic rings. The van der Waals surface area contributed by atoms with Gasteiger partial charge in [-0.05, 0) is 44.9 Å². The Kier molecular flexibility index (Phi) is 4.99. The first-order valence-electron chi connectivity index (χ1n) is 9.33. The maximum Gasteiger partial charge on any atom is 0.253 e. The highest BCUT2D eigenvalue weighted by Gasteiger charge is 2.23. The fourth-order valence-electron chi connectivity index (χ4n) is 3.80. The number of aromatic nitrogens is 2. The molecule has 0 saturated carbocycles. The van der Waals surface area contributed by atoms with Crippen LogP contribution in [0, 0.1) is 13.8 Å². The lowest BCUT2D eigenvalue weighted by atomic mass is 10.0. The zero-order chi connectivity index (χ0) is 18.8. The van der Waals surface area contributed by atoms with E-state index in [-0.39, 0.29) is 11.9 Å². The van der Waals surface area contributed by atoms with Crippen LogP contribution in [0.2, 0.25) is 0 Å². The second-order valence-corrected chi connectivity index (χ2v) is 7.88. The van der Waals surface area contributed by atoms with Gasteiger partial charge in [-0.3, -0.25) is 9.36 Å². The Morgan fingerprint density at radius 2 is 1.93 bits per heavy atom. The number of anilines is 1. The number of nitrogens with zero attached hydrogens (tertiary/aromatic N) is 3. The van der Waals surface area contributed by atoms with Gasteiger partial charge in [0, 0.05) is 47.8 Å². The number of aryl methyl sites for hydroxylation is 1. The molecule has 1 saturated heterocycles. The molecule has 1 aliphatic heterocycles. The fraction of sp³-hybridized carbons (Fsp3) is 0.333. The Hall–Kier alpha value is -2.60. The van der Waals surface area contributed by atoms with Crippen LogP contribution in [-0.4, -0.2) is 34.6 Å². The van der Waals surface area contributed by atoms with Crippen molar-refractivity contribution in [2.75, 3.05) is 18.0 Å². The Morgan fingerprint density at radius 1 is 1.19 bits per heavy atom. The molecule has 27 heavy (non-hydrogen) atoms. The molecule has 2 aromatic heterocycles. The van der Waals surface area contributed by atoms with Gasteiger partial charge in [0.1, 0.15) is 0 Å². The zero-order valence-electron chi connectivity index (χ0n) is 15.7. The molecule has 1 aromatic carbocycles. The summed E-state index contributed by atoms with van der Waals surface area (Å²) in [6.07, 6.45) is 3.72. The first-order valence-corrected chi connectivity index (χ1v) is 10.2. The van der Waals surface area contributed by atoms with Crippen molar-refractivity contribution in [3.8, 4) is 5.13 Å². The van der Waals surface area contributed by atoms with Crippen molar-refractivity contribution in [1.29, 1.82) is 0 Å². The summed E-state index contributed by atoms with van der Waals surface area (Å²) >= 11 is 1.58. The number of amides is 1. The molecule has 0 unspecified atom stereocenters. The van der Waals surface area contributed by atoms with Crippen LogP contribution in [0.1, 0.15) is 34.6 Å². The Labute approximate surface area is 163 Å². The van der Waals surface area contributed by atoms with Gasteiger partial charge in [0.15, 0.2) is 5.13 Å². The van der Waals surface area contributed by atoms with E-state index >= 15 is 0 Å². The van der Waals surface area contributed by atoms with E-state index in [1.54, 1.807) is 17.5 Å². The molecule has 3 heterocycles. The first kappa shape index (κ1) is 17.8. The molecule has 5 nitrogen and oxygen atoms in total. The van der Waals surface area contributed by atoms with E-state index < -0.39 is 0 Å². The number of thiazole rings is 1. The topological polar surface area (TPSA) is 50.2 Å². The number of piperidine rings is 1. The van der Waals surface area contributed by atoms with Gasteiger partial charge < -0.3 is 10.2 Å². The predicted octanol–water partition coefficient (Wildman–Crippen LogP) is 3.95. The van der Waals surface area contributed by atoms with Crippen molar-refractivity contribution in [2.24, 2.45) is 0 Å². The van der Waals surface area contributed by atoms with E-state index in [0.29, 0.717) is 0 Å². The van der Waals surface area contributed by atoms with Crippen molar-refractivity contribution >= 4 is 22.9 Å². The lowest BCUT2D eigenvalue weighted by Crippen LogP contribution is -2.44. The number of carbonyl (C=O) groups is 1. The van der Waals surface area contributed by atoms with E-state index in [0.717, 1.165) is 48.0 Å². The number of hydrogen-bond donors (Lipinski definition) is 1. The summed E-state index contributed by atoms with van der Waals surface area (Å²) in [4.78, 5) is 19.6. The third-order valence-electron chi connectivity index (χ3n) is 5.24. The molecular weight excluding hydrogens is 356 g/mol. The number of benzene rings is 1. The summed E-state index contributed by atoms with van der Waals surface area (Å²) in [5.41, 5.74) is 3.98. The van der Waals surface area contributed by atoms with Gasteiger partial charge in [-0.1, -0.05) is 18.2 Å². The average molecular weight is 381 g/mol. The third kappa shape index (κ3) is 3.62. The van der Waals surface area contributed by atoms with Gasteiger partial charge in [0.05, 0.1) is 5.56 Å². The quantitative estimate of drug-likeness (QED) is 0.746. The minimum absolute atomic E-state index is 0.0177. The Bertz CT molecular complexity index is 909. The van der Waals surface area contributed by atoms with Crippen molar-refractivity contribution in [3.05, 3.63) is 64.9 Å². The molecule has 0 radical (unpaired) electrons. The van der Waals surface area contributed by atoms with E-state index in [4.69, 9.17) is 0 Å². The van der Waals surface area contributed by atoms with Crippen LogP contribution in [0.5, 0.6) is 0 Å².